The first-order valence-corrected chi connectivity index (χ1v) is 14.1. The normalized spacial score (nSPS) is 12.4. The van der Waals surface area contributed by atoms with Crippen LogP contribution in [-0.2, 0) is 4.74 Å². The highest BCUT2D eigenvalue weighted by atomic mass is 19.4. The van der Waals surface area contributed by atoms with Crippen molar-refractivity contribution in [2.24, 2.45) is 5.92 Å². The molecule has 8 heteroatoms. The zero-order valence-corrected chi connectivity index (χ0v) is 23.1. The van der Waals surface area contributed by atoms with Crippen molar-refractivity contribution < 1.29 is 36.2 Å². The van der Waals surface area contributed by atoms with E-state index in [-0.39, 0.29) is 12.0 Å². The summed E-state index contributed by atoms with van der Waals surface area (Å²) in [6, 6.07) is 8.90. The standard InChI is InChI=1S/C31H41F5O3/c1-3-5-7-8-9-10-11-12-21-38-25-16-14-23(15-17-25)26-18-19-27(29(33)28(26)32)30(37)39-22-20-24(13-6-4-2)31(34,35)36/h14-19,24H,3-13,20-22H2,1-2H3. The fourth-order valence-electron chi connectivity index (χ4n) is 4.38. The molecule has 0 aliphatic heterocycles. The number of carbonyl (C=O) groups excluding carboxylic acids is 1. The minimum atomic E-state index is -4.41. The molecule has 0 amide bonds. The molecule has 0 aromatic heterocycles. The lowest BCUT2D eigenvalue weighted by atomic mass is 9.98. The van der Waals surface area contributed by atoms with Crippen LogP contribution in [0.1, 0.15) is 101 Å². The van der Waals surface area contributed by atoms with Gasteiger partial charge in [-0.05, 0) is 43.0 Å². The summed E-state index contributed by atoms with van der Waals surface area (Å²) in [5.74, 6) is -4.81. The Morgan fingerprint density at radius 3 is 1.97 bits per heavy atom. The fraction of sp³-hybridized carbons (Fsp3) is 0.581. The lowest BCUT2D eigenvalue weighted by molar-refractivity contribution is -0.180. The molecule has 0 bridgehead atoms. The Balaban J connectivity index is 1.87. The monoisotopic (exact) mass is 556 g/mol. The van der Waals surface area contributed by atoms with Crippen molar-refractivity contribution in [2.45, 2.75) is 97.1 Å². The highest BCUT2D eigenvalue weighted by Gasteiger charge is 2.38. The Bertz CT molecular complexity index is 989. The van der Waals surface area contributed by atoms with Gasteiger partial charge in [-0.2, -0.15) is 13.2 Å². The van der Waals surface area contributed by atoms with E-state index in [1.54, 1.807) is 31.2 Å². The summed E-state index contributed by atoms with van der Waals surface area (Å²) in [6.45, 7) is 4.04. The molecule has 1 atom stereocenters. The SMILES string of the molecule is CCCCCCCCCCOc1ccc(-c2ccc(C(=O)OCCC(CCCC)C(F)(F)F)c(F)c2F)cc1. The number of rotatable bonds is 18. The van der Waals surface area contributed by atoms with E-state index in [1.807, 2.05) is 0 Å². The number of ether oxygens (including phenoxy) is 2. The third-order valence-electron chi connectivity index (χ3n) is 6.80. The van der Waals surface area contributed by atoms with Crippen LogP contribution in [0.2, 0.25) is 0 Å². The molecule has 2 rings (SSSR count). The van der Waals surface area contributed by atoms with E-state index < -0.39 is 48.3 Å². The Morgan fingerprint density at radius 1 is 0.744 bits per heavy atom. The van der Waals surface area contributed by atoms with Crippen LogP contribution in [0.25, 0.3) is 11.1 Å². The van der Waals surface area contributed by atoms with Crippen LogP contribution >= 0.6 is 0 Å². The van der Waals surface area contributed by atoms with Gasteiger partial charge in [0.1, 0.15) is 5.75 Å². The molecule has 0 fully saturated rings. The number of unbranched alkanes of at least 4 members (excludes halogenated alkanes) is 8. The summed E-state index contributed by atoms with van der Waals surface area (Å²) in [4.78, 5) is 12.3. The second kappa shape index (κ2) is 17.1. The molecule has 2 aromatic rings. The predicted molar refractivity (Wildman–Crippen MR) is 144 cm³/mol. The summed E-state index contributed by atoms with van der Waals surface area (Å²) >= 11 is 0. The molecule has 0 aliphatic rings. The van der Waals surface area contributed by atoms with Crippen molar-refractivity contribution in [3.63, 3.8) is 0 Å². The second-order valence-electron chi connectivity index (χ2n) is 9.94. The lowest BCUT2D eigenvalue weighted by Crippen LogP contribution is -2.25. The van der Waals surface area contributed by atoms with Crippen molar-refractivity contribution in [3.8, 4) is 16.9 Å². The zero-order chi connectivity index (χ0) is 28.7. The summed E-state index contributed by atoms with van der Waals surface area (Å²) in [5.41, 5.74) is -0.302. The summed E-state index contributed by atoms with van der Waals surface area (Å²) < 4.78 is 79.5. The van der Waals surface area contributed by atoms with Gasteiger partial charge < -0.3 is 9.47 Å². The van der Waals surface area contributed by atoms with Crippen LogP contribution < -0.4 is 4.74 Å². The molecule has 0 aliphatic carbocycles. The average molecular weight is 557 g/mol. The molecule has 0 saturated heterocycles. The Kier molecular flexibility index (Phi) is 14.3. The van der Waals surface area contributed by atoms with Gasteiger partial charge in [-0.1, -0.05) is 89.8 Å². The highest BCUT2D eigenvalue weighted by Crippen LogP contribution is 2.33. The molecule has 0 heterocycles. The highest BCUT2D eigenvalue weighted by molar-refractivity contribution is 5.90. The topological polar surface area (TPSA) is 35.5 Å². The van der Waals surface area contributed by atoms with Crippen LogP contribution in [0, 0.1) is 17.6 Å². The molecule has 2 aromatic carbocycles. The van der Waals surface area contributed by atoms with Gasteiger partial charge in [-0.3, -0.25) is 0 Å². The maximum Gasteiger partial charge on any atom is 0.391 e. The quantitative estimate of drug-likeness (QED) is 0.104. The van der Waals surface area contributed by atoms with E-state index in [4.69, 9.17) is 9.47 Å². The second-order valence-corrected chi connectivity index (χ2v) is 9.94. The number of alkyl halides is 3. The summed E-state index contributed by atoms with van der Waals surface area (Å²) in [7, 11) is 0. The van der Waals surface area contributed by atoms with Gasteiger partial charge in [-0.15, -0.1) is 0 Å². The minimum Gasteiger partial charge on any atom is -0.494 e. The molecule has 0 spiro atoms. The van der Waals surface area contributed by atoms with E-state index in [0.29, 0.717) is 30.8 Å². The first kappa shape index (κ1) is 32.6. The molecule has 3 nitrogen and oxygen atoms in total. The molecule has 39 heavy (non-hydrogen) atoms. The van der Waals surface area contributed by atoms with Gasteiger partial charge in [0.25, 0.3) is 0 Å². The smallest absolute Gasteiger partial charge is 0.391 e. The third kappa shape index (κ3) is 11.2. The first-order chi connectivity index (χ1) is 18.7. The maximum atomic E-state index is 14.8. The summed E-state index contributed by atoms with van der Waals surface area (Å²) in [5, 5.41) is 0. The van der Waals surface area contributed by atoms with Crippen molar-refractivity contribution >= 4 is 5.97 Å². The minimum absolute atomic E-state index is 0.0459. The van der Waals surface area contributed by atoms with Crippen LogP contribution in [0.15, 0.2) is 36.4 Å². The molecule has 0 N–H and O–H groups in total. The number of halogens is 5. The van der Waals surface area contributed by atoms with Crippen LogP contribution in [-0.4, -0.2) is 25.4 Å². The summed E-state index contributed by atoms with van der Waals surface area (Å²) in [6.07, 6.45) is 5.68. The molecular formula is C31H41F5O3. The first-order valence-electron chi connectivity index (χ1n) is 14.1. The van der Waals surface area contributed by atoms with E-state index >= 15 is 0 Å². The maximum absolute atomic E-state index is 14.8. The number of esters is 1. The number of benzene rings is 2. The Labute approximate surface area is 229 Å². The molecule has 0 radical (unpaired) electrons. The number of hydrogen-bond acceptors (Lipinski definition) is 3. The van der Waals surface area contributed by atoms with Gasteiger partial charge >= 0.3 is 12.1 Å². The van der Waals surface area contributed by atoms with Gasteiger partial charge in [-0.25, -0.2) is 13.6 Å². The fourth-order valence-corrected chi connectivity index (χ4v) is 4.38. The van der Waals surface area contributed by atoms with E-state index in [0.717, 1.165) is 18.9 Å². The van der Waals surface area contributed by atoms with E-state index in [2.05, 4.69) is 6.92 Å². The number of hydrogen-bond donors (Lipinski definition) is 0. The largest absolute Gasteiger partial charge is 0.494 e. The van der Waals surface area contributed by atoms with Crippen molar-refractivity contribution in [3.05, 3.63) is 53.6 Å². The van der Waals surface area contributed by atoms with E-state index in [1.165, 1.54) is 44.6 Å². The van der Waals surface area contributed by atoms with Gasteiger partial charge in [0.2, 0.25) is 0 Å². The zero-order valence-electron chi connectivity index (χ0n) is 23.1. The number of carbonyl (C=O) groups is 1. The van der Waals surface area contributed by atoms with Gasteiger partial charge in [0.05, 0.1) is 24.7 Å². The molecule has 0 saturated carbocycles. The van der Waals surface area contributed by atoms with Crippen LogP contribution in [0.5, 0.6) is 5.75 Å². The Morgan fingerprint density at radius 2 is 1.36 bits per heavy atom. The third-order valence-corrected chi connectivity index (χ3v) is 6.80. The van der Waals surface area contributed by atoms with Crippen LogP contribution in [0.4, 0.5) is 22.0 Å². The van der Waals surface area contributed by atoms with Crippen molar-refractivity contribution in [2.75, 3.05) is 13.2 Å². The molecule has 218 valence electrons. The molecular weight excluding hydrogens is 515 g/mol. The van der Waals surface area contributed by atoms with Gasteiger partial charge in [0.15, 0.2) is 11.6 Å². The predicted octanol–water partition coefficient (Wildman–Crippen LogP) is 10.1. The molecule has 1 unspecified atom stereocenters. The van der Waals surface area contributed by atoms with Gasteiger partial charge in [0, 0.05) is 5.56 Å². The average Bonchev–Trinajstić information content (AvgIpc) is 2.90. The van der Waals surface area contributed by atoms with Crippen molar-refractivity contribution in [1.29, 1.82) is 0 Å². The van der Waals surface area contributed by atoms with Crippen molar-refractivity contribution in [1.82, 2.24) is 0 Å². The van der Waals surface area contributed by atoms with Crippen LogP contribution in [0.3, 0.4) is 0 Å². The Hall–Kier alpha value is -2.64. The van der Waals surface area contributed by atoms with E-state index in [9.17, 15) is 26.7 Å². The lowest BCUT2D eigenvalue weighted by Gasteiger charge is -2.19.